The van der Waals surface area contributed by atoms with Crippen LogP contribution >= 0.6 is 46.4 Å². The maximum Gasteiger partial charge on any atom is 0.222 e. The lowest BCUT2D eigenvalue weighted by molar-refractivity contribution is 0.155. The second-order valence-corrected chi connectivity index (χ2v) is 7.85. The van der Waals surface area contributed by atoms with Crippen molar-refractivity contribution in [2.24, 2.45) is 5.16 Å². The molecule has 162 valence electrons. The number of benzene rings is 1. The van der Waals surface area contributed by atoms with Gasteiger partial charge in [0.1, 0.15) is 33.7 Å². The highest BCUT2D eigenvalue weighted by molar-refractivity contribution is 6.56. The Bertz CT molecular complexity index is 727. The van der Waals surface area contributed by atoms with Crippen molar-refractivity contribution in [3.63, 3.8) is 0 Å². The molecule has 0 heterocycles. The smallest absolute Gasteiger partial charge is 0.222 e. The molecule has 0 saturated carbocycles. The average Bonchev–Trinajstić information content (AvgIpc) is 2.65. The van der Waals surface area contributed by atoms with Crippen LogP contribution in [0.15, 0.2) is 38.4 Å². The van der Waals surface area contributed by atoms with E-state index in [0.717, 1.165) is 29.0 Å². The molecule has 0 fully saturated rings. The Kier molecular flexibility index (Phi) is 13.0. The van der Waals surface area contributed by atoms with E-state index in [9.17, 15) is 0 Å². The normalized spacial score (nSPS) is 10.9. The van der Waals surface area contributed by atoms with Crippen molar-refractivity contribution in [1.82, 2.24) is 0 Å². The van der Waals surface area contributed by atoms with Crippen LogP contribution in [0, 0.1) is 6.92 Å². The van der Waals surface area contributed by atoms with Gasteiger partial charge in [-0.2, -0.15) is 0 Å². The van der Waals surface area contributed by atoms with E-state index < -0.39 is 0 Å². The molecule has 0 radical (unpaired) electrons. The molecule has 9 heteroatoms. The van der Waals surface area contributed by atoms with Gasteiger partial charge >= 0.3 is 0 Å². The van der Waals surface area contributed by atoms with Crippen LogP contribution in [0.2, 0.25) is 0 Å². The summed E-state index contributed by atoms with van der Waals surface area (Å²) in [5.41, 5.74) is 2.07. The van der Waals surface area contributed by atoms with Gasteiger partial charge in [-0.25, -0.2) is 0 Å². The van der Waals surface area contributed by atoms with Gasteiger partial charge in [-0.1, -0.05) is 58.5 Å². The summed E-state index contributed by atoms with van der Waals surface area (Å²) >= 11 is 22.1. The average molecular weight is 485 g/mol. The molecule has 0 N–H and O–H groups in total. The third-order valence-corrected chi connectivity index (χ3v) is 4.16. The summed E-state index contributed by atoms with van der Waals surface area (Å²) < 4.78 is 17.4. The summed E-state index contributed by atoms with van der Waals surface area (Å²) in [6.45, 7) is 7.21. The zero-order valence-electron chi connectivity index (χ0n) is 16.6. The maximum atomic E-state index is 5.97. The molecular weight excluding hydrogens is 460 g/mol. The number of rotatable bonds is 12. The monoisotopic (exact) mass is 483 g/mol. The van der Waals surface area contributed by atoms with Crippen molar-refractivity contribution in [1.29, 1.82) is 0 Å². The van der Waals surface area contributed by atoms with E-state index >= 15 is 0 Å². The van der Waals surface area contributed by atoms with Gasteiger partial charge in [0, 0.05) is 13.3 Å². The molecule has 29 heavy (non-hydrogen) atoms. The van der Waals surface area contributed by atoms with Crippen molar-refractivity contribution in [3.05, 3.63) is 44.4 Å². The highest BCUT2D eigenvalue weighted by Gasteiger charge is 2.09. The van der Waals surface area contributed by atoms with Gasteiger partial charge in [0.2, 0.25) is 5.90 Å². The molecule has 0 amide bonds. The lowest BCUT2D eigenvalue weighted by Gasteiger charge is -2.16. The topological polar surface area (TPSA) is 49.3 Å². The molecule has 0 aliphatic heterocycles. The SMILES string of the molecule is CCc1cc(OCC=C(Cl)Cl)cc(C)c1OCCCOC(C)=NOCC=C(Cl)Cl. The summed E-state index contributed by atoms with van der Waals surface area (Å²) in [5, 5.41) is 3.80. The molecular formula is C20H25Cl4NO4. The number of nitrogens with zero attached hydrogens (tertiary/aromatic N) is 1. The summed E-state index contributed by atoms with van der Waals surface area (Å²) in [6, 6.07) is 3.89. The maximum absolute atomic E-state index is 5.97. The standard InChI is InChI=1S/C20H25Cl4NO4/c1-4-16-13-17(27-10-6-18(21)22)12-14(2)20(16)28-9-5-8-26-15(3)25-29-11-7-19(23)24/h6-7,12-13H,4-5,8-11H2,1-3H3. The van der Waals surface area contributed by atoms with Crippen LogP contribution < -0.4 is 9.47 Å². The van der Waals surface area contributed by atoms with Crippen LogP contribution in [0.3, 0.4) is 0 Å². The van der Waals surface area contributed by atoms with Gasteiger partial charge in [-0.05, 0) is 48.8 Å². The van der Waals surface area contributed by atoms with Crippen LogP contribution in [-0.2, 0) is 16.0 Å². The summed E-state index contributed by atoms with van der Waals surface area (Å²) in [5.74, 6) is 2.03. The Morgan fingerprint density at radius 1 is 1.00 bits per heavy atom. The van der Waals surface area contributed by atoms with E-state index in [-0.39, 0.29) is 15.6 Å². The van der Waals surface area contributed by atoms with Crippen LogP contribution in [0.25, 0.3) is 0 Å². The Balaban J connectivity index is 2.46. The van der Waals surface area contributed by atoms with Crippen molar-refractivity contribution in [2.75, 3.05) is 26.4 Å². The minimum Gasteiger partial charge on any atom is -0.493 e. The van der Waals surface area contributed by atoms with Crippen LogP contribution in [-0.4, -0.2) is 32.3 Å². The molecule has 0 bridgehead atoms. The number of oxime groups is 1. The van der Waals surface area contributed by atoms with E-state index in [1.54, 1.807) is 13.0 Å². The van der Waals surface area contributed by atoms with Gasteiger partial charge in [0.05, 0.1) is 13.2 Å². The molecule has 0 aliphatic rings. The van der Waals surface area contributed by atoms with Crippen LogP contribution in [0.5, 0.6) is 11.5 Å². The first-order chi connectivity index (χ1) is 13.8. The largest absolute Gasteiger partial charge is 0.493 e. The second kappa shape index (κ2) is 14.7. The molecule has 0 atom stereocenters. The molecule has 5 nitrogen and oxygen atoms in total. The quantitative estimate of drug-likeness (QED) is 0.143. The number of hydrogen-bond donors (Lipinski definition) is 0. The summed E-state index contributed by atoms with van der Waals surface area (Å²) in [7, 11) is 0. The van der Waals surface area contributed by atoms with Crippen LogP contribution in [0.1, 0.15) is 31.4 Å². The number of halogens is 4. The van der Waals surface area contributed by atoms with E-state index in [2.05, 4.69) is 12.1 Å². The summed E-state index contributed by atoms with van der Waals surface area (Å²) in [6.07, 6.45) is 4.59. The zero-order valence-corrected chi connectivity index (χ0v) is 19.7. The number of aryl methyl sites for hydroxylation is 2. The Labute approximate surface area is 192 Å². The van der Waals surface area contributed by atoms with Gasteiger partial charge in [0.15, 0.2) is 0 Å². The van der Waals surface area contributed by atoms with Gasteiger partial charge < -0.3 is 19.0 Å². The first kappa shape index (κ1) is 25.8. The Hall–Kier alpha value is -1.27. The number of hydrogen-bond acceptors (Lipinski definition) is 5. The second-order valence-electron chi connectivity index (χ2n) is 5.84. The predicted molar refractivity (Wildman–Crippen MR) is 121 cm³/mol. The molecule has 1 aromatic carbocycles. The van der Waals surface area contributed by atoms with E-state index in [1.165, 1.54) is 6.08 Å². The minimum absolute atomic E-state index is 0.133. The van der Waals surface area contributed by atoms with Gasteiger partial charge in [-0.15, -0.1) is 0 Å². The van der Waals surface area contributed by atoms with Crippen LogP contribution in [0.4, 0.5) is 0 Å². The fraction of sp³-hybridized carbons (Fsp3) is 0.450. The molecule has 0 aromatic heterocycles. The third-order valence-electron chi connectivity index (χ3n) is 3.54. The molecule has 1 aromatic rings. The fourth-order valence-corrected chi connectivity index (χ4v) is 2.52. The third kappa shape index (κ3) is 11.5. The highest BCUT2D eigenvalue weighted by Crippen LogP contribution is 2.30. The Morgan fingerprint density at radius 2 is 1.69 bits per heavy atom. The molecule has 1 rings (SSSR count). The zero-order chi connectivity index (χ0) is 21.6. The van der Waals surface area contributed by atoms with Gasteiger partial charge in [-0.3, -0.25) is 0 Å². The fourth-order valence-electron chi connectivity index (χ4n) is 2.27. The predicted octanol–water partition coefficient (Wildman–Crippen LogP) is 6.71. The lowest BCUT2D eigenvalue weighted by atomic mass is 10.1. The van der Waals surface area contributed by atoms with E-state index in [4.69, 9.17) is 65.5 Å². The van der Waals surface area contributed by atoms with Gasteiger partial charge in [0.25, 0.3) is 0 Å². The molecule has 0 spiro atoms. The Morgan fingerprint density at radius 3 is 2.34 bits per heavy atom. The molecule has 0 aliphatic carbocycles. The summed E-state index contributed by atoms with van der Waals surface area (Å²) in [4.78, 5) is 4.99. The lowest BCUT2D eigenvalue weighted by Crippen LogP contribution is -2.08. The van der Waals surface area contributed by atoms with Crippen molar-refractivity contribution < 1.29 is 19.0 Å². The first-order valence-corrected chi connectivity index (χ1v) is 10.6. The highest BCUT2D eigenvalue weighted by atomic mass is 35.5. The number of ether oxygens (including phenoxy) is 3. The van der Waals surface area contributed by atoms with E-state index in [1.807, 2.05) is 19.1 Å². The van der Waals surface area contributed by atoms with Crippen molar-refractivity contribution in [2.45, 2.75) is 33.6 Å². The molecule has 0 unspecified atom stereocenters. The van der Waals surface area contributed by atoms with Crippen molar-refractivity contribution >= 4 is 52.3 Å². The van der Waals surface area contributed by atoms with Crippen molar-refractivity contribution in [3.8, 4) is 11.5 Å². The molecule has 0 saturated heterocycles. The minimum atomic E-state index is 0.133. The van der Waals surface area contributed by atoms with E-state index in [0.29, 0.717) is 32.1 Å². The first-order valence-electron chi connectivity index (χ1n) is 9.04.